The van der Waals surface area contributed by atoms with Crippen LogP contribution in [0.5, 0.6) is 0 Å². The third-order valence-electron chi connectivity index (χ3n) is 5.13. The lowest BCUT2D eigenvalue weighted by atomic mass is 10.1. The molecule has 1 heterocycles. The maximum Gasteiger partial charge on any atom is 0.326 e. The van der Waals surface area contributed by atoms with Crippen molar-refractivity contribution in [3.63, 3.8) is 0 Å². The minimum atomic E-state index is -0.484. The molecule has 34 heavy (non-hydrogen) atoms. The Morgan fingerprint density at radius 1 is 1.09 bits per heavy atom. The van der Waals surface area contributed by atoms with Gasteiger partial charge >= 0.3 is 5.97 Å². The smallest absolute Gasteiger partial charge is 0.326 e. The monoisotopic (exact) mass is 464 g/mol. The number of fused-ring (bicyclic) bond motifs is 1. The summed E-state index contributed by atoms with van der Waals surface area (Å²) in [5, 5.41) is 10.9. The summed E-state index contributed by atoms with van der Waals surface area (Å²) in [7, 11) is 0. The summed E-state index contributed by atoms with van der Waals surface area (Å²) >= 11 is 0. The zero-order valence-electron chi connectivity index (χ0n) is 19.2. The van der Waals surface area contributed by atoms with Crippen LogP contribution in [-0.4, -0.2) is 36.8 Å². The van der Waals surface area contributed by atoms with Gasteiger partial charge in [-0.2, -0.15) is 0 Å². The van der Waals surface area contributed by atoms with Crippen molar-refractivity contribution >= 4 is 46.0 Å². The first-order valence-electron chi connectivity index (χ1n) is 11.1. The average Bonchev–Trinajstić information content (AvgIpc) is 3.25. The van der Waals surface area contributed by atoms with E-state index in [0.717, 1.165) is 12.8 Å². The summed E-state index contributed by atoms with van der Waals surface area (Å²) in [6.07, 6.45) is 1.91. The van der Waals surface area contributed by atoms with Crippen molar-refractivity contribution in [1.82, 2.24) is 0 Å². The quantitative estimate of drug-likeness (QED) is 0.235. The molecule has 0 aliphatic rings. The second-order valence-electron chi connectivity index (χ2n) is 7.67. The number of unbranched alkanes of at least 4 members (excludes halogenated alkanes) is 1. The fourth-order valence-electron chi connectivity index (χ4n) is 3.36. The normalized spacial score (nSPS) is 10.6. The molecule has 0 saturated carbocycles. The van der Waals surface area contributed by atoms with Crippen LogP contribution in [-0.2, 0) is 14.3 Å². The number of hydrogen-bond donors (Lipinski definition) is 3. The number of amidine groups is 1. The molecule has 0 aliphatic heterocycles. The van der Waals surface area contributed by atoms with Crippen LogP contribution in [0.25, 0.3) is 11.0 Å². The largest absolute Gasteiger partial charge is 0.465 e. The van der Waals surface area contributed by atoms with Gasteiger partial charge in [0.1, 0.15) is 18.0 Å². The Balaban J connectivity index is 1.74. The first kappa shape index (κ1) is 24.5. The molecule has 0 spiro atoms. The number of rotatable bonds is 10. The Morgan fingerprint density at radius 2 is 1.82 bits per heavy atom. The molecule has 0 saturated heterocycles. The number of nitrogen functional groups attached to an aromatic ring is 1. The summed E-state index contributed by atoms with van der Waals surface area (Å²) in [5.41, 5.74) is 7.59. The number of amides is 2. The molecule has 3 aromatic rings. The number of carbonyl (C=O) groups is 3. The standard InChI is InChI=1S/C25H28N4O5/c1-3-5-6-22(30)29(15-23(31)33-4-2)19-10-8-18(9-11-19)28-25(32)21-14-17-13-16(24(26)27)7-12-20(17)34-21/h7-14H,3-6,15H2,1-2H3,(H3,26,27)(H,28,32). The molecule has 0 radical (unpaired) electrons. The number of furan rings is 1. The topological polar surface area (TPSA) is 139 Å². The molecule has 9 heteroatoms. The highest BCUT2D eigenvalue weighted by Gasteiger charge is 2.20. The van der Waals surface area contributed by atoms with Crippen molar-refractivity contribution in [3.8, 4) is 0 Å². The van der Waals surface area contributed by atoms with Gasteiger partial charge in [-0.25, -0.2) is 0 Å². The first-order valence-corrected chi connectivity index (χ1v) is 11.1. The fraction of sp³-hybridized carbons (Fsp3) is 0.280. The van der Waals surface area contributed by atoms with E-state index in [1.54, 1.807) is 55.5 Å². The van der Waals surface area contributed by atoms with E-state index in [0.29, 0.717) is 34.3 Å². The van der Waals surface area contributed by atoms with Crippen molar-refractivity contribution in [2.75, 3.05) is 23.4 Å². The van der Waals surface area contributed by atoms with Crippen LogP contribution in [0.3, 0.4) is 0 Å². The number of nitrogens with one attached hydrogen (secondary N) is 2. The van der Waals surface area contributed by atoms with Gasteiger partial charge in [0.05, 0.1) is 6.61 Å². The number of anilines is 2. The molecule has 0 unspecified atom stereocenters. The van der Waals surface area contributed by atoms with E-state index in [1.165, 1.54) is 4.90 Å². The van der Waals surface area contributed by atoms with Crippen LogP contribution >= 0.6 is 0 Å². The number of ether oxygens (including phenoxy) is 1. The second-order valence-corrected chi connectivity index (χ2v) is 7.67. The zero-order chi connectivity index (χ0) is 24.7. The Kier molecular flexibility index (Phi) is 8.02. The molecule has 0 bridgehead atoms. The van der Waals surface area contributed by atoms with Gasteiger partial charge in [0.2, 0.25) is 5.91 Å². The van der Waals surface area contributed by atoms with E-state index in [9.17, 15) is 14.4 Å². The molecule has 1 aromatic heterocycles. The summed E-state index contributed by atoms with van der Waals surface area (Å²) < 4.78 is 10.6. The molecule has 0 atom stereocenters. The summed E-state index contributed by atoms with van der Waals surface area (Å²) in [6, 6.07) is 13.2. The van der Waals surface area contributed by atoms with Crippen molar-refractivity contribution in [2.45, 2.75) is 33.1 Å². The van der Waals surface area contributed by atoms with Crippen molar-refractivity contribution in [1.29, 1.82) is 5.41 Å². The van der Waals surface area contributed by atoms with Crippen LogP contribution in [0.2, 0.25) is 0 Å². The van der Waals surface area contributed by atoms with Crippen LogP contribution in [0, 0.1) is 5.41 Å². The number of hydrogen-bond acceptors (Lipinski definition) is 6. The second kappa shape index (κ2) is 11.1. The van der Waals surface area contributed by atoms with Gasteiger partial charge in [-0.1, -0.05) is 13.3 Å². The summed E-state index contributed by atoms with van der Waals surface area (Å²) in [5.74, 6) is -1.06. The lowest BCUT2D eigenvalue weighted by molar-refractivity contribution is -0.142. The maximum absolute atomic E-state index is 12.7. The highest BCUT2D eigenvalue weighted by Crippen LogP contribution is 2.23. The van der Waals surface area contributed by atoms with Gasteiger partial charge < -0.3 is 25.1 Å². The lowest BCUT2D eigenvalue weighted by Gasteiger charge is -2.22. The number of nitrogens with zero attached hydrogens (tertiary/aromatic N) is 1. The van der Waals surface area contributed by atoms with Crippen LogP contribution < -0.4 is 16.0 Å². The third kappa shape index (κ3) is 6.00. The molecule has 2 aromatic carbocycles. The van der Waals surface area contributed by atoms with Crippen LogP contribution in [0.1, 0.15) is 49.2 Å². The lowest BCUT2D eigenvalue weighted by Crippen LogP contribution is -2.36. The van der Waals surface area contributed by atoms with Crippen molar-refractivity contribution in [3.05, 3.63) is 59.9 Å². The molecule has 2 amide bonds. The zero-order valence-corrected chi connectivity index (χ0v) is 19.2. The van der Waals surface area contributed by atoms with Gasteiger partial charge in [0.15, 0.2) is 5.76 Å². The molecule has 9 nitrogen and oxygen atoms in total. The third-order valence-corrected chi connectivity index (χ3v) is 5.13. The highest BCUT2D eigenvalue weighted by atomic mass is 16.5. The van der Waals surface area contributed by atoms with Crippen LogP contribution in [0.4, 0.5) is 11.4 Å². The SMILES string of the molecule is CCCCC(=O)N(CC(=O)OCC)c1ccc(NC(=O)c2cc3cc(C(=N)N)ccc3o2)cc1. The van der Waals surface area contributed by atoms with Crippen molar-refractivity contribution in [2.24, 2.45) is 5.73 Å². The van der Waals surface area contributed by atoms with E-state index in [4.69, 9.17) is 20.3 Å². The summed E-state index contributed by atoms with van der Waals surface area (Å²) in [6.45, 7) is 3.76. The first-order chi connectivity index (χ1) is 16.3. The van der Waals surface area contributed by atoms with E-state index in [2.05, 4.69) is 5.32 Å². The van der Waals surface area contributed by atoms with Gasteiger partial charge in [0.25, 0.3) is 5.91 Å². The number of esters is 1. The Hall–Kier alpha value is -4.14. The summed E-state index contributed by atoms with van der Waals surface area (Å²) in [4.78, 5) is 38.7. The molecule has 4 N–H and O–H groups in total. The predicted octanol–water partition coefficient (Wildman–Crippen LogP) is 4.06. The van der Waals surface area contributed by atoms with Gasteiger partial charge in [-0.05, 0) is 61.9 Å². The maximum atomic E-state index is 12.7. The van der Waals surface area contributed by atoms with Crippen molar-refractivity contribution < 1.29 is 23.5 Å². The molecule has 0 fully saturated rings. The van der Waals surface area contributed by atoms with Gasteiger partial charge in [-0.15, -0.1) is 0 Å². The van der Waals surface area contributed by atoms with E-state index >= 15 is 0 Å². The molecular weight excluding hydrogens is 436 g/mol. The number of benzene rings is 2. The van der Waals surface area contributed by atoms with Gasteiger partial charge in [0, 0.05) is 28.7 Å². The Morgan fingerprint density at radius 3 is 2.47 bits per heavy atom. The molecule has 0 aliphatic carbocycles. The molecule has 3 rings (SSSR count). The minimum Gasteiger partial charge on any atom is -0.465 e. The van der Waals surface area contributed by atoms with Crippen LogP contribution in [0.15, 0.2) is 52.9 Å². The van der Waals surface area contributed by atoms with E-state index in [1.807, 2.05) is 6.92 Å². The molecule has 178 valence electrons. The number of carbonyl (C=O) groups excluding carboxylic acids is 3. The molecular formula is C25H28N4O5. The predicted molar refractivity (Wildman–Crippen MR) is 130 cm³/mol. The van der Waals surface area contributed by atoms with Gasteiger partial charge in [-0.3, -0.25) is 19.8 Å². The number of nitrogens with two attached hydrogens (primary N) is 1. The average molecular weight is 465 g/mol. The van der Waals surface area contributed by atoms with E-state index < -0.39 is 11.9 Å². The Bertz CT molecular complexity index is 1200. The fourth-order valence-corrected chi connectivity index (χ4v) is 3.36. The Labute approximate surface area is 197 Å². The minimum absolute atomic E-state index is 0.0700. The van der Waals surface area contributed by atoms with E-state index in [-0.39, 0.29) is 30.7 Å². The highest BCUT2D eigenvalue weighted by molar-refractivity contribution is 6.06.